The van der Waals surface area contributed by atoms with E-state index in [0.717, 1.165) is 10.0 Å². The van der Waals surface area contributed by atoms with Gasteiger partial charge in [0, 0.05) is 10.2 Å². The molecular weight excluding hydrogens is 335 g/mol. The molecule has 3 nitrogen and oxygen atoms in total. The van der Waals surface area contributed by atoms with Crippen molar-refractivity contribution in [2.45, 2.75) is 19.9 Å². The van der Waals surface area contributed by atoms with Crippen molar-refractivity contribution in [3.63, 3.8) is 0 Å². The number of carbonyl (C=O) groups is 1. The van der Waals surface area contributed by atoms with Crippen LogP contribution in [-0.4, -0.2) is 5.91 Å². The predicted octanol–water partition coefficient (Wildman–Crippen LogP) is 3.97. The number of hydrogen-bond donors (Lipinski definition) is 2. The highest BCUT2D eigenvalue weighted by molar-refractivity contribution is 9.10. The summed E-state index contributed by atoms with van der Waals surface area (Å²) in [6.07, 6.45) is 0. The number of rotatable bonds is 3. The Hall–Kier alpha value is -1.88. The summed E-state index contributed by atoms with van der Waals surface area (Å²) in [5.74, 6) is -1.02. The second kappa shape index (κ2) is 6.26. The molecule has 21 heavy (non-hydrogen) atoms. The molecule has 0 saturated heterocycles. The van der Waals surface area contributed by atoms with Crippen molar-refractivity contribution in [3.8, 4) is 0 Å². The Bertz CT molecular complexity index is 688. The predicted molar refractivity (Wildman–Crippen MR) is 85.6 cm³/mol. The summed E-state index contributed by atoms with van der Waals surface area (Å²) >= 11 is 3.38. The quantitative estimate of drug-likeness (QED) is 0.823. The van der Waals surface area contributed by atoms with Gasteiger partial charge in [-0.3, -0.25) is 4.79 Å². The molecule has 0 saturated carbocycles. The molecule has 1 atom stereocenters. The lowest BCUT2D eigenvalue weighted by atomic mass is 10.1. The van der Waals surface area contributed by atoms with Crippen LogP contribution >= 0.6 is 15.9 Å². The summed E-state index contributed by atoms with van der Waals surface area (Å²) in [5, 5.41) is 2.78. The van der Waals surface area contributed by atoms with Gasteiger partial charge in [-0.25, -0.2) is 4.39 Å². The van der Waals surface area contributed by atoms with Crippen molar-refractivity contribution >= 4 is 27.5 Å². The molecule has 0 heterocycles. The number of nitrogens with two attached hydrogens (primary N) is 1. The van der Waals surface area contributed by atoms with E-state index in [-0.39, 0.29) is 11.6 Å². The largest absolute Gasteiger partial charge is 0.399 e. The molecular formula is C16H16BrFN2O. The average Bonchev–Trinajstić information content (AvgIpc) is 2.42. The highest BCUT2D eigenvalue weighted by Gasteiger charge is 2.17. The third-order valence-electron chi connectivity index (χ3n) is 3.22. The molecule has 110 valence electrons. The van der Waals surface area contributed by atoms with Gasteiger partial charge in [0.15, 0.2) is 0 Å². The molecule has 0 aliphatic heterocycles. The van der Waals surface area contributed by atoms with Crippen LogP contribution in [0.1, 0.15) is 34.5 Å². The zero-order valence-corrected chi connectivity index (χ0v) is 13.4. The first-order chi connectivity index (χ1) is 9.88. The zero-order valence-electron chi connectivity index (χ0n) is 11.8. The summed E-state index contributed by atoms with van der Waals surface area (Å²) in [7, 11) is 0. The number of amides is 1. The smallest absolute Gasteiger partial charge is 0.254 e. The number of aryl methyl sites for hydroxylation is 1. The Balaban J connectivity index is 2.22. The third-order valence-corrected chi connectivity index (χ3v) is 3.71. The fourth-order valence-corrected chi connectivity index (χ4v) is 2.51. The van der Waals surface area contributed by atoms with E-state index in [4.69, 9.17) is 5.73 Å². The minimum Gasteiger partial charge on any atom is -0.399 e. The normalized spacial score (nSPS) is 12.0. The van der Waals surface area contributed by atoms with Crippen LogP contribution < -0.4 is 11.1 Å². The average molecular weight is 351 g/mol. The highest BCUT2D eigenvalue weighted by atomic mass is 79.9. The Labute approximate surface area is 131 Å². The first-order valence-electron chi connectivity index (χ1n) is 6.50. The maximum Gasteiger partial charge on any atom is 0.254 e. The van der Waals surface area contributed by atoms with Crippen LogP contribution in [0.2, 0.25) is 0 Å². The summed E-state index contributed by atoms with van der Waals surface area (Å²) < 4.78 is 14.9. The number of nitrogen functional groups attached to an aromatic ring is 1. The van der Waals surface area contributed by atoms with Crippen LogP contribution in [-0.2, 0) is 0 Å². The van der Waals surface area contributed by atoms with Crippen molar-refractivity contribution in [2.24, 2.45) is 0 Å². The van der Waals surface area contributed by atoms with Gasteiger partial charge >= 0.3 is 0 Å². The Morgan fingerprint density at radius 3 is 2.71 bits per heavy atom. The number of halogens is 2. The lowest BCUT2D eigenvalue weighted by Gasteiger charge is -2.15. The van der Waals surface area contributed by atoms with Gasteiger partial charge < -0.3 is 11.1 Å². The maximum atomic E-state index is 14.0. The molecule has 0 fully saturated rings. The van der Waals surface area contributed by atoms with Gasteiger partial charge in [0.2, 0.25) is 0 Å². The fourth-order valence-electron chi connectivity index (χ4n) is 2.10. The number of nitrogens with one attached hydrogen (secondary N) is 1. The third kappa shape index (κ3) is 3.61. The first kappa shape index (κ1) is 15.5. The molecule has 5 heteroatoms. The van der Waals surface area contributed by atoms with Crippen LogP contribution in [0.25, 0.3) is 0 Å². The number of benzene rings is 2. The molecule has 2 aromatic rings. The monoisotopic (exact) mass is 350 g/mol. The van der Waals surface area contributed by atoms with Gasteiger partial charge in [-0.1, -0.05) is 28.1 Å². The molecule has 0 aromatic heterocycles. The van der Waals surface area contributed by atoms with E-state index in [9.17, 15) is 9.18 Å². The zero-order chi connectivity index (χ0) is 15.6. The van der Waals surface area contributed by atoms with Crippen LogP contribution in [0.5, 0.6) is 0 Å². The summed E-state index contributed by atoms with van der Waals surface area (Å²) in [6, 6.07) is 10.2. The van der Waals surface area contributed by atoms with Crippen LogP contribution in [0, 0.1) is 12.7 Å². The first-order valence-corrected chi connectivity index (χ1v) is 7.29. The Morgan fingerprint density at radius 2 is 2.05 bits per heavy atom. The highest BCUT2D eigenvalue weighted by Crippen LogP contribution is 2.20. The minimum atomic E-state index is -0.539. The van der Waals surface area contributed by atoms with Crippen molar-refractivity contribution in [1.82, 2.24) is 5.32 Å². The SMILES string of the molecule is Cc1cc(N)cc(C(=O)NC(C)c2cccc(Br)c2)c1F. The summed E-state index contributed by atoms with van der Waals surface area (Å²) in [6.45, 7) is 3.43. The van der Waals surface area contributed by atoms with E-state index in [1.54, 1.807) is 6.92 Å². The maximum absolute atomic E-state index is 14.0. The van der Waals surface area contributed by atoms with Crippen LogP contribution in [0.15, 0.2) is 40.9 Å². The number of anilines is 1. The van der Waals surface area contributed by atoms with E-state index in [1.807, 2.05) is 31.2 Å². The molecule has 2 rings (SSSR count). The molecule has 2 aromatic carbocycles. The van der Waals surface area contributed by atoms with Gasteiger partial charge in [0.1, 0.15) is 5.82 Å². The van der Waals surface area contributed by atoms with Crippen molar-refractivity contribution < 1.29 is 9.18 Å². The molecule has 0 spiro atoms. The molecule has 1 amide bonds. The van der Waals surface area contributed by atoms with E-state index in [0.29, 0.717) is 11.3 Å². The number of carbonyl (C=O) groups excluding carboxylic acids is 1. The molecule has 0 radical (unpaired) electrons. The van der Waals surface area contributed by atoms with Crippen molar-refractivity contribution in [3.05, 3.63) is 63.4 Å². The van der Waals surface area contributed by atoms with Gasteiger partial charge in [-0.15, -0.1) is 0 Å². The lowest BCUT2D eigenvalue weighted by molar-refractivity contribution is 0.0935. The fraction of sp³-hybridized carbons (Fsp3) is 0.188. The standard InChI is InChI=1S/C16H16BrFN2O/c1-9-6-13(19)8-14(15(9)18)16(21)20-10(2)11-4-3-5-12(17)7-11/h3-8,10H,19H2,1-2H3,(H,20,21). The van der Waals surface area contributed by atoms with Crippen LogP contribution in [0.4, 0.5) is 10.1 Å². The summed E-state index contributed by atoms with van der Waals surface area (Å²) in [4.78, 5) is 12.2. The molecule has 0 bridgehead atoms. The van der Waals surface area contributed by atoms with Gasteiger partial charge in [-0.05, 0) is 49.2 Å². The van der Waals surface area contributed by atoms with Crippen molar-refractivity contribution in [1.29, 1.82) is 0 Å². The second-order valence-corrected chi connectivity index (χ2v) is 5.87. The van der Waals surface area contributed by atoms with Gasteiger partial charge in [-0.2, -0.15) is 0 Å². The Kier molecular flexibility index (Phi) is 4.63. The molecule has 1 unspecified atom stereocenters. The van der Waals surface area contributed by atoms with E-state index in [2.05, 4.69) is 21.2 Å². The van der Waals surface area contributed by atoms with E-state index in [1.165, 1.54) is 12.1 Å². The van der Waals surface area contributed by atoms with Gasteiger partial charge in [0.05, 0.1) is 11.6 Å². The van der Waals surface area contributed by atoms with E-state index >= 15 is 0 Å². The molecule has 0 aliphatic rings. The van der Waals surface area contributed by atoms with Crippen molar-refractivity contribution in [2.75, 3.05) is 5.73 Å². The van der Waals surface area contributed by atoms with Crippen LogP contribution in [0.3, 0.4) is 0 Å². The van der Waals surface area contributed by atoms with Gasteiger partial charge in [0.25, 0.3) is 5.91 Å². The van der Waals surface area contributed by atoms with E-state index < -0.39 is 11.7 Å². The molecule has 3 N–H and O–H groups in total. The number of hydrogen-bond acceptors (Lipinski definition) is 2. The lowest BCUT2D eigenvalue weighted by Crippen LogP contribution is -2.27. The summed E-state index contributed by atoms with van der Waals surface area (Å²) in [5.41, 5.74) is 7.30. The topological polar surface area (TPSA) is 55.1 Å². The minimum absolute atomic E-state index is 0.0330. The molecule has 0 aliphatic carbocycles. The Morgan fingerprint density at radius 1 is 1.33 bits per heavy atom. The second-order valence-electron chi connectivity index (χ2n) is 4.95.